The molecule has 88 valence electrons. The van der Waals surface area contributed by atoms with Gasteiger partial charge in [-0.3, -0.25) is 4.79 Å². The summed E-state index contributed by atoms with van der Waals surface area (Å²) in [6.07, 6.45) is 4.43. The minimum atomic E-state index is -0.750. The predicted molar refractivity (Wildman–Crippen MR) is 58.1 cm³/mol. The second kappa shape index (κ2) is 4.40. The van der Waals surface area contributed by atoms with E-state index in [1.807, 2.05) is 0 Å². The number of nitrogens with zero attached hydrogens (tertiary/aromatic N) is 4. The van der Waals surface area contributed by atoms with Crippen molar-refractivity contribution in [1.82, 2.24) is 20.2 Å². The fraction of sp³-hybridized carbons (Fsp3) is 0.778. The first kappa shape index (κ1) is 11.4. The van der Waals surface area contributed by atoms with E-state index >= 15 is 0 Å². The molecule has 0 aliphatic heterocycles. The van der Waals surface area contributed by atoms with Gasteiger partial charge in [-0.15, -0.1) is 5.10 Å². The van der Waals surface area contributed by atoms with Gasteiger partial charge in [-0.1, -0.05) is 31.0 Å². The molecule has 1 aromatic heterocycles. The van der Waals surface area contributed by atoms with Gasteiger partial charge in [0.15, 0.2) is 0 Å². The highest BCUT2D eigenvalue weighted by molar-refractivity contribution is 8.01. The van der Waals surface area contributed by atoms with Crippen LogP contribution in [0, 0.1) is 0 Å². The van der Waals surface area contributed by atoms with Crippen LogP contribution in [0.1, 0.15) is 32.1 Å². The van der Waals surface area contributed by atoms with Crippen LogP contribution in [-0.4, -0.2) is 36.0 Å². The molecule has 0 bridgehead atoms. The van der Waals surface area contributed by atoms with Crippen molar-refractivity contribution in [2.45, 2.75) is 42.0 Å². The monoisotopic (exact) mass is 242 g/mol. The number of tetrazole rings is 1. The number of carbonyl (C=O) groups is 1. The number of rotatable bonds is 3. The Morgan fingerprint density at radius 2 is 2.12 bits per heavy atom. The Hall–Kier alpha value is -1.11. The average molecular weight is 242 g/mol. The second-order valence-corrected chi connectivity index (χ2v) is 5.40. The van der Waals surface area contributed by atoms with E-state index in [-0.39, 0.29) is 0 Å². The lowest BCUT2D eigenvalue weighted by Gasteiger charge is -2.31. The Bertz CT molecular complexity index is 387. The fourth-order valence-corrected chi connectivity index (χ4v) is 3.14. The summed E-state index contributed by atoms with van der Waals surface area (Å²) in [7, 11) is 1.72. The number of hydrogen-bond acceptors (Lipinski definition) is 5. The summed E-state index contributed by atoms with van der Waals surface area (Å²) in [6.45, 7) is 0. The summed E-state index contributed by atoms with van der Waals surface area (Å²) >= 11 is 1.28. The number of aryl methyl sites for hydroxylation is 1. The lowest BCUT2D eigenvalue weighted by Crippen LogP contribution is -2.37. The highest BCUT2D eigenvalue weighted by Crippen LogP contribution is 2.43. The molecule has 0 amide bonds. The van der Waals surface area contributed by atoms with Crippen molar-refractivity contribution < 1.29 is 9.90 Å². The first-order valence-corrected chi connectivity index (χ1v) is 6.10. The summed E-state index contributed by atoms with van der Waals surface area (Å²) in [5, 5.41) is 21.0. The van der Waals surface area contributed by atoms with E-state index in [0.29, 0.717) is 18.0 Å². The third-order valence-corrected chi connectivity index (χ3v) is 4.42. The second-order valence-electron chi connectivity index (χ2n) is 4.05. The fourth-order valence-electron chi connectivity index (χ4n) is 1.96. The lowest BCUT2D eigenvalue weighted by atomic mass is 9.88. The average Bonchev–Trinajstić information content (AvgIpc) is 2.65. The molecule has 1 aromatic rings. The van der Waals surface area contributed by atoms with Gasteiger partial charge in [0.1, 0.15) is 4.75 Å². The van der Waals surface area contributed by atoms with E-state index in [0.717, 1.165) is 19.3 Å². The normalized spacial score (nSPS) is 19.6. The molecule has 0 spiro atoms. The summed E-state index contributed by atoms with van der Waals surface area (Å²) < 4.78 is 0.782. The number of aromatic nitrogens is 4. The first-order valence-electron chi connectivity index (χ1n) is 5.29. The third kappa shape index (κ3) is 2.04. The molecule has 16 heavy (non-hydrogen) atoms. The molecule has 2 rings (SSSR count). The Labute approximate surface area is 97.4 Å². The maximum absolute atomic E-state index is 11.4. The molecule has 0 radical (unpaired) electrons. The SMILES string of the molecule is Cn1nnnc1SC1(C(=O)O)CCCCC1. The van der Waals surface area contributed by atoms with Crippen LogP contribution in [-0.2, 0) is 11.8 Å². The Balaban J connectivity index is 2.20. The molecule has 0 saturated heterocycles. The summed E-state index contributed by atoms with van der Waals surface area (Å²) in [4.78, 5) is 11.4. The Kier molecular flexibility index (Phi) is 3.13. The molecule has 0 atom stereocenters. The maximum Gasteiger partial charge on any atom is 0.320 e. The zero-order chi connectivity index (χ0) is 11.6. The molecule has 1 aliphatic rings. The van der Waals surface area contributed by atoms with Gasteiger partial charge >= 0.3 is 5.97 Å². The van der Waals surface area contributed by atoms with Crippen LogP contribution in [0.5, 0.6) is 0 Å². The number of hydrogen-bond donors (Lipinski definition) is 1. The zero-order valence-corrected chi connectivity index (χ0v) is 9.90. The van der Waals surface area contributed by atoms with Gasteiger partial charge in [0.05, 0.1) is 0 Å². The standard InChI is InChI=1S/C9H14N4O2S/c1-13-8(10-11-12-13)16-9(7(14)15)5-3-2-4-6-9/h2-6H2,1H3,(H,14,15). The van der Waals surface area contributed by atoms with Crippen LogP contribution in [0.2, 0.25) is 0 Å². The molecule has 1 aliphatic carbocycles. The van der Waals surface area contributed by atoms with Crippen molar-refractivity contribution in [3.05, 3.63) is 0 Å². The molecule has 6 nitrogen and oxygen atoms in total. The van der Waals surface area contributed by atoms with E-state index in [2.05, 4.69) is 15.5 Å². The van der Waals surface area contributed by atoms with E-state index in [9.17, 15) is 9.90 Å². The van der Waals surface area contributed by atoms with Crippen LogP contribution in [0.15, 0.2) is 5.16 Å². The molecule has 7 heteroatoms. The smallest absolute Gasteiger partial charge is 0.320 e. The van der Waals surface area contributed by atoms with Crippen molar-refractivity contribution in [2.75, 3.05) is 0 Å². The maximum atomic E-state index is 11.4. The van der Waals surface area contributed by atoms with Crippen molar-refractivity contribution in [1.29, 1.82) is 0 Å². The summed E-state index contributed by atoms with van der Waals surface area (Å²) in [5.74, 6) is -0.750. The van der Waals surface area contributed by atoms with Crippen LogP contribution < -0.4 is 0 Å². The van der Waals surface area contributed by atoms with Gasteiger partial charge in [-0.25, -0.2) is 4.68 Å². The van der Waals surface area contributed by atoms with Gasteiger partial charge in [0, 0.05) is 7.05 Å². The van der Waals surface area contributed by atoms with E-state index in [4.69, 9.17) is 0 Å². The van der Waals surface area contributed by atoms with Crippen LogP contribution >= 0.6 is 11.8 Å². The number of aliphatic carboxylic acids is 1. The van der Waals surface area contributed by atoms with Crippen LogP contribution in [0.25, 0.3) is 0 Å². The summed E-state index contributed by atoms with van der Waals surface area (Å²) in [5.41, 5.74) is 0. The predicted octanol–water partition coefficient (Wildman–Crippen LogP) is 1.09. The van der Waals surface area contributed by atoms with Crippen LogP contribution in [0.3, 0.4) is 0 Å². The first-order chi connectivity index (χ1) is 7.64. The highest BCUT2D eigenvalue weighted by atomic mass is 32.2. The van der Waals surface area contributed by atoms with Crippen molar-refractivity contribution >= 4 is 17.7 Å². The van der Waals surface area contributed by atoms with E-state index in [1.54, 1.807) is 7.05 Å². The largest absolute Gasteiger partial charge is 0.480 e. The molecule has 1 saturated carbocycles. The third-order valence-electron chi connectivity index (χ3n) is 2.92. The van der Waals surface area contributed by atoms with Gasteiger partial charge < -0.3 is 5.11 Å². The van der Waals surface area contributed by atoms with E-state index in [1.165, 1.54) is 16.4 Å². The molecular formula is C9H14N4O2S. The van der Waals surface area contributed by atoms with Crippen molar-refractivity contribution in [3.63, 3.8) is 0 Å². The summed E-state index contributed by atoms with van der Waals surface area (Å²) in [6, 6.07) is 0. The van der Waals surface area contributed by atoms with Crippen molar-refractivity contribution in [2.24, 2.45) is 7.05 Å². The molecular weight excluding hydrogens is 228 g/mol. The van der Waals surface area contributed by atoms with Crippen molar-refractivity contribution in [3.8, 4) is 0 Å². The lowest BCUT2D eigenvalue weighted by molar-refractivity contribution is -0.140. The Morgan fingerprint density at radius 1 is 1.44 bits per heavy atom. The minimum absolute atomic E-state index is 0.573. The number of carboxylic acids is 1. The quantitative estimate of drug-likeness (QED) is 0.854. The molecule has 1 fully saturated rings. The van der Waals surface area contributed by atoms with E-state index < -0.39 is 10.7 Å². The number of carboxylic acid groups (broad SMARTS) is 1. The zero-order valence-electron chi connectivity index (χ0n) is 9.09. The Morgan fingerprint density at radius 3 is 2.62 bits per heavy atom. The molecule has 1 heterocycles. The van der Waals surface area contributed by atoms with Gasteiger partial charge in [-0.05, 0) is 23.3 Å². The highest BCUT2D eigenvalue weighted by Gasteiger charge is 2.42. The topological polar surface area (TPSA) is 80.9 Å². The number of thioether (sulfide) groups is 1. The van der Waals surface area contributed by atoms with Gasteiger partial charge in [-0.2, -0.15) is 0 Å². The molecule has 1 N–H and O–H groups in total. The minimum Gasteiger partial charge on any atom is -0.480 e. The van der Waals surface area contributed by atoms with Crippen LogP contribution in [0.4, 0.5) is 0 Å². The molecule has 0 aromatic carbocycles. The van der Waals surface area contributed by atoms with Gasteiger partial charge in [0.25, 0.3) is 0 Å². The van der Waals surface area contributed by atoms with Gasteiger partial charge in [0.2, 0.25) is 5.16 Å². The molecule has 0 unspecified atom stereocenters.